The van der Waals surface area contributed by atoms with Crippen molar-refractivity contribution in [2.45, 2.75) is 11.8 Å². The van der Waals surface area contributed by atoms with Gasteiger partial charge in [-0.3, -0.25) is 4.79 Å². The van der Waals surface area contributed by atoms with Crippen molar-refractivity contribution in [2.24, 2.45) is 5.10 Å². The van der Waals surface area contributed by atoms with E-state index in [2.05, 4.69) is 26.0 Å². The van der Waals surface area contributed by atoms with Gasteiger partial charge in [-0.15, -0.1) is 10.2 Å². The highest BCUT2D eigenvalue weighted by Gasteiger charge is 2.12. The molecule has 0 atom stereocenters. The van der Waals surface area contributed by atoms with Crippen molar-refractivity contribution >= 4 is 47.1 Å². The van der Waals surface area contributed by atoms with Crippen LogP contribution in [0.25, 0.3) is 0 Å². The summed E-state index contributed by atoms with van der Waals surface area (Å²) in [6, 6.07) is 24.2. The van der Waals surface area contributed by atoms with Crippen LogP contribution in [0.4, 0.5) is 11.6 Å². The molecule has 1 amide bonds. The first kappa shape index (κ1) is 24.1. The summed E-state index contributed by atoms with van der Waals surface area (Å²) >= 11 is 7.10. The number of amides is 1. The molecule has 0 radical (unpaired) electrons. The average Bonchev–Trinajstić information content (AvgIpc) is 3.23. The number of carbonyl (C=O) groups is 1. The quantitative estimate of drug-likeness (QED) is 0.126. The molecule has 0 saturated carbocycles. The molecule has 4 N–H and O–H groups in total. The number of rotatable bonds is 10. The largest absolute Gasteiger partial charge is 0.488 e. The Morgan fingerprint density at radius 2 is 1.80 bits per heavy atom. The first-order valence-electron chi connectivity index (χ1n) is 10.5. The molecule has 4 rings (SSSR count). The lowest BCUT2D eigenvalue weighted by Gasteiger charge is -2.09. The van der Waals surface area contributed by atoms with Gasteiger partial charge in [-0.2, -0.15) is 5.10 Å². The van der Waals surface area contributed by atoms with E-state index in [0.29, 0.717) is 22.5 Å². The van der Waals surface area contributed by atoms with Crippen molar-refractivity contribution in [3.63, 3.8) is 0 Å². The summed E-state index contributed by atoms with van der Waals surface area (Å²) in [6.07, 6.45) is 1.60. The lowest BCUT2D eigenvalue weighted by molar-refractivity contribution is -0.113. The van der Waals surface area contributed by atoms with Crippen LogP contribution in [-0.4, -0.2) is 32.7 Å². The summed E-state index contributed by atoms with van der Waals surface area (Å²) in [7, 11) is 0. The molecule has 0 bridgehead atoms. The molecular weight excluding hydrogens is 486 g/mol. The van der Waals surface area contributed by atoms with E-state index < -0.39 is 0 Å². The number of nitrogens with one attached hydrogen (secondary N) is 2. The summed E-state index contributed by atoms with van der Waals surface area (Å²) < 4.78 is 7.17. The zero-order valence-electron chi connectivity index (χ0n) is 18.5. The Hall–Kier alpha value is -4.02. The molecule has 35 heavy (non-hydrogen) atoms. The van der Waals surface area contributed by atoms with E-state index in [9.17, 15) is 4.79 Å². The minimum Gasteiger partial charge on any atom is -0.488 e. The minimum atomic E-state index is -0.174. The second kappa shape index (κ2) is 11.9. The third kappa shape index (κ3) is 6.98. The van der Waals surface area contributed by atoms with Crippen LogP contribution < -0.4 is 21.3 Å². The molecule has 0 aliphatic carbocycles. The van der Waals surface area contributed by atoms with Gasteiger partial charge in [0.25, 0.3) is 5.95 Å². The van der Waals surface area contributed by atoms with Crippen LogP contribution in [0, 0.1) is 0 Å². The Labute approximate surface area is 211 Å². The Morgan fingerprint density at radius 1 is 1.06 bits per heavy atom. The number of aromatic nitrogens is 3. The predicted octanol–water partition coefficient (Wildman–Crippen LogP) is 4.40. The van der Waals surface area contributed by atoms with Gasteiger partial charge in [0.15, 0.2) is 0 Å². The first-order valence-corrected chi connectivity index (χ1v) is 11.9. The Bertz CT molecular complexity index is 1300. The maximum absolute atomic E-state index is 12.1. The van der Waals surface area contributed by atoms with E-state index >= 15 is 0 Å². The standard InChI is InChI=1S/C24H22ClN7O2S/c25-19-12-10-17(11-13-19)15-34-21-9-5-4-6-18(21)14-27-29-23-30-31-24(32(23)26)35-16-22(33)28-20-7-2-1-3-8-20/h1-14H,15-16,26H2,(H,28,33)(H,29,30)/b27-14+. The van der Waals surface area contributed by atoms with E-state index in [-0.39, 0.29) is 17.6 Å². The third-order valence-electron chi connectivity index (χ3n) is 4.65. The van der Waals surface area contributed by atoms with Crippen LogP contribution in [0.2, 0.25) is 5.02 Å². The fourth-order valence-electron chi connectivity index (χ4n) is 2.92. The van der Waals surface area contributed by atoms with Crippen molar-refractivity contribution in [1.82, 2.24) is 14.9 Å². The summed E-state index contributed by atoms with van der Waals surface area (Å²) in [5.74, 6) is 6.90. The maximum atomic E-state index is 12.1. The molecule has 11 heteroatoms. The third-order valence-corrected chi connectivity index (χ3v) is 5.84. The van der Waals surface area contributed by atoms with E-state index in [0.717, 1.165) is 16.8 Å². The van der Waals surface area contributed by atoms with Gasteiger partial charge < -0.3 is 15.9 Å². The highest BCUT2D eigenvalue weighted by atomic mass is 35.5. The van der Waals surface area contributed by atoms with Gasteiger partial charge in [0, 0.05) is 16.3 Å². The number of carbonyl (C=O) groups excluding carboxylic acids is 1. The molecule has 1 heterocycles. The molecule has 4 aromatic rings. The zero-order valence-corrected chi connectivity index (χ0v) is 20.0. The lowest BCUT2D eigenvalue weighted by Crippen LogP contribution is -2.16. The second-order valence-electron chi connectivity index (χ2n) is 7.20. The minimum absolute atomic E-state index is 0.131. The van der Waals surface area contributed by atoms with Crippen LogP contribution >= 0.6 is 23.4 Å². The van der Waals surface area contributed by atoms with Crippen LogP contribution in [0.5, 0.6) is 5.75 Å². The number of hydrazone groups is 1. The van der Waals surface area contributed by atoms with Crippen molar-refractivity contribution in [1.29, 1.82) is 0 Å². The fourth-order valence-corrected chi connectivity index (χ4v) is 3.70. The summed E-state index contributed by atoms with van der Waals surface area (Å²) in [5.41, 5.74) is 5.26. The topological polar surface area (TPSA) is 119 Å². The van der Waals surface area contributed by atoms with Crippen LogP contribution in [0.1, 0.15) is 11.1 Å². The lowest BCUT2D eigenvalue weighted by atomic mass is 10.2. The summed E-state index contributed by atoms with van der Waals surface area (Å²) in [5, 5.41) is 16.0. The number of nitrogens with two attached hydrogens (primary N) is 1. The number of ether oxygens (including phenoxy) is 1. The Morgan fingerprint density at radius 3 is 2.60 bits per heavy atom. The van der Waals surface area contributed by atoms with Gasteiger partial charge >= 0.3 is 0 Å². The number of para-hydroxylation sites is 2. The molecule has 3 aromatic carbocycles. The van der Waals surface area contributed by atoms with Gasteiger partial charge in [-0.05, 0) is 42.0 Å². The molecular formula is C24H22ClN7O2S. The molecule has 0 fully saturated rings. The van der Waals surface area contributed by atoms with E-state index in [1.165, 1.54) is 16.4 Å². The van der Waals surface area contributed by atoms with Crippen LogP contribution in [-0.2, 0) is 11.4 Å². The number of benzene rings is 3. The van der Waals surface area contributed by atoms with Gasteiger partial charge in [0.2, 0.25) is 11.1 Å². The predicted molar refractivity (Wildman–Crippen MR) is 139 cm³/mol. The average molecular weight is 508 g/mol. The van der Waals surface area contributed by atoms with Gasteiger partial charge in [-0.25, -0.2) is 10.1 Å². The van der Waals surface area contributed by atoms with Crippen molar-refractivity contribution < 1.29 is 9.53 Å². The number of thioether (sulfide) groups is 1. The first-order chi connectivity index (χ1) is 17.1. The molecule has 1 aromatic heterocycles. The summed E-state index contributed by atoms with van der Waals surface area (Å²) in [6.45, 7) is 0.394. The van der Waals surface area contributed by atoms with Gasteiger partial charge in [0.1, 0.15) is 12.4 Å². The molecule has 0 aliphatic rings. The maximum Gasteiger partial charge on any atom is 0.264 e. The number of hydrogen-bond donors (Lipinski definition) is 3. The monoisotopic (exact) mass is 507 g/mol. The Balaban J connectivity index is 1.31. The number of hydrogen-bond acceptors (Lipinski definition) is 8. The number of nitrogen functional groups attached to an aromatic ring is 1. The molecule has 9 nitrogen and oxygen atoms in total. The van der Waals surface area contributed by atoms with Crippen molar-refractivity contribution in [3.8, 4) is 5.75 Å². The SMILES string of the molecule is Nn1c(N/N=C/c2ccccc2OCc2ccc(Cl)cc2)nnc1SCC(=O)Nc1ccccc1. The zero-order chi connectivity index (χ0) is 24.5. The normalized spacial score (nSPS) is 10.9. The van der Waals surface area contributed by atoms with E-state index in [4.69, 9.17) is 22.2 Å². The van der Waals surface area contributed by atoms with Crippen LogP contribution in [0.15, 0.2) is 89.1 Å². The summed E-state index contributed by atoms with van der Waals surface area (Å²) in [4.78, 5) is 12.1. The smallest absolute Gasteiger partial charge is 0.264 e. The van der Waals surface area contributed by atoms with Crippen molar-refractivity contribution in [2.75, 3.05) is 22.3 Å². The molecule has 0 saturated heterocycles. The van der Waals surface area contributed by atoms with Gasteiger partial charge in [0.05, 0.1) is 12.0 Å². The molecule has 178 valence electrons. The Kier molecular flexibility index (Phi) is 8.21. The molecule has 0 unspecified atom stereocenters. The number of halogens is 1. The highest BCUT2D eigenvalue weighted by Crippen LogP contribution is 2.20. The fraction of sp³-hybridized carbons (Fsp3) is 0.0833. The molecule has 0 spiro atoms. The second-order valence-corrected chi connectivity index (χ2v) is 8.58. The highest BCUT2D eigenvalue weighted by molar-refractivity contribution is 7.99. The van der Waals surface area contributed by atoms with Crippen LogP contribution in [0.3, 0.4) is 0 Å². The number of nitrogens with zero attached hydrogens (tertiary/aromatic N) is 4. The van der Waals surface area contributed by atoms with Gasteiger partial charge in [-0.1, -0.05) is 65.8 Å². The number of anilines is 2. The molecule has 0 aliphatic heterocycles. The van der Waals surface area contributed by atoms with E-state index in [1.54, 1.807) is 6.21 Å². The van der Waals surface area contributed by atoms with E-state index in [1.807, 2.05) is 78.9 Å². The van der Waals surface area contributed by atoms with Crippen molar-refractivity contribution in [3.05, 3.63) is 95.0 Å².